The van der Waals surface area contributed by atoms with Gasteiger partial charge < -0.3 is 5.73 Å². The smallest absolute Gasteiger partial charge is 0.138 e. The number of benzene rings is 1. The Balaban J connectivity index is 2.36. The van der Waals surface area contributed by atoms with Gasteiger partial charge in [0.25, 0.3) is 0 Å². The van der Waals surface area contributed by atoms with Crippen LogP contribution in [0.4, 0.5) is 0 Å². The molecule has 78 valence electrons. The van der Waals surface area contributed by atoms with Gasteiger partial charge in [0, 0.05) is 6.42 Å². The van der Waals surface area contributed by atoms with Gasteiger partial charge in [0.2, 0.25) is 0 Å². The van der Waals surface area contributed by atoms with Crippen molar-refractivity contribution in [1.29, 1.82) is 0 Å². The largest absolute Gasteiger partial charge is 0.330 e. The van der Waals surface area contributed by atoms with Gasteiger partial charge in [-0.1, -0.05) is 17.7 Å². The van der Waals surface area contributed by atoms with Gasteiger partial charge in [-0.3, -0.25) is 0 Å². The number of nitrogens with two attached hydrogens (primary N) is 1. The molecule has 2 N–H and O–H groups in total. The summed E-state index contributed by atoms with van der Waals surface area (Å²) in [7, 11) is 0. The molecule has 4 heteroatoms. The van der Waals surface area contributed by atoms with Crippen molar-refractivity contribution in [2.45, 2.75) is 13.3 Å². The monoisotopic (exact) mass is 202 g/mol. The highest BCUT2D eigenvalue weighted by atomic mass is 15.3. The minimum absolute atomic E-state index is 0.588. The van der Waals surface area contributed by atoms with Crippen LogP contribution in [-0.2, 0) is 6.42 Å². The van der Waals surface area contributed by atoms with Crippen molar-refractivity contribution >= 4 is 0 Å². The molecule has 0 bridgehead atoms. The van der Waals surface area contributed by atoms with Gasteiger partial charge in [0.05, 0.1) is 5.69 Å². The van der Waals surface area contributed by atoms with Gasteiger partial charge in [0.15, 0.2) is 0 Å². The lowest BCUT2D eigenvalue weighted by Crippen LogP contribution is -2.09. The van der Waals surface area contributed by atoms with E-state index in [0.717, 1.165) is 17.9 Å². The third kappa shape index (κ3) is 2.05. The Morgan fingerprint density at radius 3 is 2.67 bits per heavy atom. The van der Waals surface area contributed by atoms with Gasteiger partial charge in [-0.2, -0.15) is 5.10 Å². The summed E-state index contributed by atoms with van der Waals surface area (Å²) in [6.45, 7) is 2.65. The van der Waals surface area contributed by atoms with E-state index in [1.54, 1.807) is 6.33 Å². The zero-order chi connectivity index (χ0) is 10.7. The van der Waals surface area contributed by atoms with E-state index in [2.05, 4.69) is 29.1 Å². The highest BCUT2D eigenvalue weighted by Crippen LogP contribution is 2.09. The van der Waals surface area contributed by atoms with E-state index >= 15 is 0 Å². The van der Waals surface area contributed by atoms with Crippen molar-refractivity contribution in [3.63, 3.8) is 0 Å². The standard InChI is InChI=1S/C11H14N4/c1-9-2-4-10(5-3-9)15-11(6-7-12)13-8-14-15/h2-5,8H,6-7,12H2,1H3. The van der Waals surface area contributed by atoms with Crippen molar-refractivity contribution in [2.75, 3.05) is 6.54 Å². The maximum Gasteiger partial charge on any atom is 0.138 e. The third-order valence-electron chi connectivity index (χ3n) is 2.26. The fourth-order valence-electron chi connectivity index (χ4n) is 1.47. The lowest BCUT2D eigenvalue weighted by molar-refractivity contribution is 0.776. The molecule has 0 fully saturated rings. The number of rotatable bonds is 3. The Bertz CT molecular complexity index is 430. The minimum atomic E-state index is 0.588. The predicted molar refractivity (Wildman–Crippen MR) is 58.9 cm³/mol. The minimum Gasteiger partial charge on any atom is -0.330 e. The van der Waals surface area contributed by atoms with Crippen LogP contribution in [0.25, 0.3) is 5.69 Å². The fraction of sp³-hybridized carbons (Fsp3) is 0.273. The summed E-state index contributed by atoms with van der Waals surface area (Å²) >= 11 is 0. The first kappa shape index (κ1) is 9.86. The Labute approximate surface area is 88.8 Å². The maximum atomic E-state index is 5.51. The second kappa shape index (κ2) is 4.23. The molecule has 0 saturated carbocycles. The molecule has 4 nitrogen and oxygen atoms in total. The quantitative estimate of drug-likeness (QED) is 0.810. The summed E-state index contributed by atoms with van der Waals surface area (Å²) in [6, 6.07) is 8.18. The first-order chi connectivity index (χ1) is 7.31. The normalized spacial score (nSPS) is 10.5. The Morgan fingerprint density at radius 2 is 2.00 bits per heavy atom. The molecular weight excluding hydrogens is 188 g/mol. The van der Waals surface area contributed by atoms with Crippen LogP contribution >= 0.6 is 0 Å². The lowest BCUT2D eigenvalue weighted by atomic mass is 10.2. The van der Waals surface area contributed by atoms with Crippen LogP contribution < -0.4 is 5.73 Å². The molecule has 0 amide bonds. The van der Waals surface area contributed by atoms with Crippen LogP contribution in [0, 0.1) is 6.92 Å². The van der Waals surface area contributed by atoms with E-state index in [9.17, 15) is 0 Å². The molecule has 1 heterocycles. The average molecular weight is 202 g/mol. The van der Waals surface area contributed by atoms with Crippen LogP contribution in [0.1, 0.15) is 11.4 Å². The van der Waals surface area contributed by atoms with E-state index in [4.69, 9.17) is 5.73 Å². The Morgan fingerprint density at radius 1 is 1.27 bits per heavy atom. The van der Waals surface area contributed by atoms with Gasteiger partial charge in [0.1, 0.15) is 12.2 Å². The number of hydrogen-bond donors (Lipinski definition) is 1. The lowest BCUT2D eigenvalue weighted by Gasteiger charge is -2.04. The molecule has 0 spiro atoms. The molecule has 0 unspecified atom stereocenters. The molecule has 0 radical (unpaired) electrons. The van der Waals surface area contributed by atoms with E-state index in [0.29, 0.717) is 6.54 Å². The van der Waals surface area contributed by atoms with Crippen LogP contribution in [0.3, 0.4) is 0 Å². The highest BCUT2D eigenvalue weighted by Gasteiger charge is 2.04. The Kier molecular flexibility index (Phi) is 2.78. The molecule has 1 aromatic heterocycles. The van der Waals surface area contributed by atoms with Crippen LogP contribution in [0.2, 0.25) is 0 Å². The highest BCUT2D eigenvalue weighted by molar-refractivity contribution is 5.33. The molecule has 0 aliphatic rings. The van der Waals surface area contributed by atoms with Gasteiger partial charge in [-0.25, -0.2) is 9.67 Å². The van der Waals surface area contributed by atoms with Crippen LogP contribution in [-0.4, -0.2) is 21.3 Å². The first-order valence-corrected chi connectivity index (χ1v) is 4.97. The molecule has 0 saturated heterocycles. The average Bonchev–Trinajstić information content (AvgIpc) is 2.68. The van der Waals surface area contributed by atoms with E-state index in [1.807, 2.05) is 16.8 Å². The fourth-order valence-corrected chi connectivity index (χ4v) is 1.47. The van der Waals surface area contributed by atoms with Gasteiger partial charge >= 0.3 is 0 Å². The Hall–Kier alpha value is -1.68. The maximum absolute atomic E-state index is 5.51. The second-order valence-corrected chi connectivity index (χ2v) is 3.46. The van der Waals surface area contributed by atoms with E-state index < -0.39 is 0 Å². The zero-order valence-electron chi connectivity index (χ0n) is 8.72. The number of hydrogen-bond acceptors (Lipinski definition) is 3. The molecule has 1 aromatic carbocycles. The van der Waals surface area contributed by atoms with Crippen molar-refractivity contribution < 1.29 is 0 Å². The summed E-state index contributed by atoms with van der Waals surface area (Å²) in [5.41, 5.74) is 7.77. The number of aromatic nitrogens is 3. The number of nitrogens with zero attached hydrogens (tertiary/aromatic N) is 3. The molecule has 0 aliphatic heterocycles. The summed E-state index contributed by atoms with van der Waals surface area (Å²) in [5.74, 6) is 0.904. The van der Waals surface area contributed by atoms with Crippen LogP contribution in [0.5, 0.6) is 0 Å². The first-order valence-electron chi connectivity index (χ1n) is 4.97. The summed E-state index contributed by atoms with van der Waals surface area (Å²) in [6.07, 6.45) is 2.30. The van der Waals surface area contributed by atoms with Gasteiger partial charge in [-0.05, 0) is 25.6 Å². The van der Waals surface area contributed by atoms with Crippen molar-refractivity contribution in [2.24, 2.45) is 5.73 Å². The molecule has 2 rings (SSSR count). The van der Waals surface area contributed by atoms with Crippen LogP contribution in [0.15, 0.2) is 30.6 Å². The van der Waals surface area contributed by atoms with Crippen molar-refractivity contribution in [3.8, 4) is 5.69 Å². The molecular formula is C11H14N4. The summed E-state index contributed by atoms with van der Waals surface area (Å²) < 4.78 is 1.83. The molecule has 2 aromatic rings. The second-order valence-electron chi connectivity index (χ2n) is 3.46. The molecule has 15 heavy (non-hydrogen) atoms. The van der Waals surface area contributed by atoms with E-state index in [-0.39, 0.29) is 0 Å². The summed E-state index contributed by atoms with van der Waals surface area (Å²) in [5, 5.41) is 4.18. The predicted octanol–water partition coefficient (Wildman–Crippen LogP) is 1.08. The van der Waals surface area contributed by atoms with Crippen molar-refractivity contribution in [1.82, 2.24) is 14.8 Å². The van der Waals surface area contributed by atoms with Crippen molar-refractivity contribution in [3.05, 3.63) is 42.0 Å². The topological polar surface area (TPSA) is 56.7 Å². The molecule has 0 aliphatic carbocycles. The zero-order valence-corrected chi connectivity index (χ0v) is 8.72. The SMILES string of the molecule is Cc1ccc(-n2ncnc2CCN)cc1. The van der Waals surface area contributed by atoms with Gasteiger partial charge in [-0.15, -0.1) is 0 Å². The number of aryl methyl sites for hydroxylation is 1. The molecule has 0 atom stereocenters. The van der Waals surface area contributed by atoms with E-state index in [1.165, 1.54) is 5.56 Å². The summed E-state index contributed by atoms with van der Waals surface area (Å²) in [4.78, 5) is 4.18. The third-order valence-corrected chi connectivity index (χ3v) is 2.26.